The normalized spacial score (nSPS) is 18.2. The Labute approximate surface area is 181 Å². The molecular weight excluding hydrogens is 376 g/mol. The van der Waals surface area contributed by atoms with E-state index in [1.807, 2.05) is 0 Å². The van der Waals surface area contributed by atoms with Crippen molar-refractivity contribution in [1.29, 1.82) is 0 Å². The van der Waals surface area contributed by atoms with Gasteiger partial charge in [-0.3, -0.25) is 9.59 Å². The Hall–Kier alpha value is -1.84. The summed E-state index contributed by atoms with van der Waals surface area (Å²) in [4.78, 5) is 22.7. The number of carboxylic acid groups (broad SMARTS) is 2. The third-order valence-corrected chi connectivity index (χ3v) is 7.93. The molecule has 3 rings (SSSR count). The molecule has 0 saturated heterocycles. The maximum atomic E-state index is 11.4. The standard InChI is InChI=1S/C26H38O4/c1-18-17-21(9-5-4-7-11-25(13-14-25)23(27)28)22(20(3)19(18)2)10-6-8-12-26(15-16-26)24(29)30/h17H,4-16H2,1-3H3,(H,27,28)(H,29,30). The molecular formula is C26H38O4. The average molecular weight is 415 g/mol. The SMILES string of the molecule is Cc1cc(CCCCCC2(C(=O)O)CC2)c(CCCCC2(C(=O)O)CC2)c(C)c1C. The molecule has 0 bridgehead atoms. The van der Waals surface area contributed by atoms with E-state index in [0.717, 1.165) is 83.5 Å². The van der Waals surface area contributed by atoms with Crippen LogP contribution in [0, 0.1) is 31.6 Å². The lowest BCUT2D eigenvalue weighted by Gasteiger charge is -2.18. The van der Waals surface area contributed by atoms with Gasteiger partial charge >= 0.3 is 11.9 Å². The fourth-order valence-corrected chi connectivity index (χ4v) is 4.95. The van der Waals surface area contributed by atoms with E-state index < -0.39 is 22.8 Å². The summed E-state index contributed by atoms with van der Waals surface area (Å²) in [5.41, 5.74) is 6.21. The third-order valence-electron chi connectivity index (χ3n) is 7.93. The number of rotatable bonds is 13. The van der Waals surface area contributed by atoms with Crippen LogP contribution in [0.2, 0.25) is 0 Å². The molecule has 2 aliphatic rings. The van der Waals surface area contributed by atoms with E-state index in [1.165, 1.54) is 27.8 Å². The van der Waals surface area contributed by atoms with Crippen molar-refractivity contribution in [3.63, 3.8) is 0 Å². The molecule has 4 nitrogen and oxygen atoms in total. The van der Waals surface area contributed by atoms with Gasteiger partial charge in [0.2, 0.25) is 0 Å². The van der Waals surface area contributed by atoms with Gasteiger partial charge in [0.15, 0.2) is 0 Å². The number of unbranched alkanes of at least 4 members (excludes halogenated alkanes) is 3. The molecule has 2 N–H and O–H groups in total. The van der Waals surface area contributed by atoms with Crippen molar-refractivity contribution in [3.8, 4) is 0 Å². The molecule has 2 aliphatic carbocycles. The summed E-state index contributed by atoms with van der Waals surface area (Å²) in [6.45, 7) is 6.61. The van der Waals surface area contributed by atoms with Crippen molar-refractivity contribution in [1.82, 2.24) is 0 Å². The molecule has 0 unspecified atom stereocenters. The molecule has 30 heavy (non-hydrogen) atoms. The van der Waals surface area contributed by atoms with Crippen LogP contribution < -0.4 is 0 Å². The van der Waals surface area contributed by atoms with Crippen molar-refractivity contribution in [2.45, 2.75) is 104 Å². The fourth-order valence-electron chi connectivity index (χ4n) is 4.95. The summed E-state index contributed by atoms with van der Waals surface area (Å²) in [6, 6.07) is 2.34. The molecule has 0 amide bonds. The van der Waals surface area contributed by atoms with E-state index in [4.69, 9.17) is 0 Å². The summed E-state index contributed by atoms with van der Waals surface area (Å²) in [5, 5.41) is 18.7. The lowest BCUT2D eigenvalue weighted by atomic mass is 9.87. The first-order valence-corrected chi connectivity index (χ1v) is 11.8. The minimum atomic E-state index is -0.610. The summed E-state index contributed by atoms with van der Waals surface area (Å²) in [7, 11) is 0. The van der Waals surface area contributed by atoms with Crippen LogP contribution in [0.4, 0.5) is 0 Å². The second-order valence-electron chi connectivity index (χ2n) is 10.0. The van der Waals surface area contributed by atoms with Crippen LogP contribution in [-0.2, 0) is 22.4 Å². The summed E-state index contributed by atoms with van der Waals surface area (Å²) in [6.07, 6.45) is 12.3. The minimum absolute atomic E-state index is 0.392. The van der Waals surface area contributed by atoms with E-state index in [0.29, 0.717) is 0 Å². The summed E-state index contributed by atoms with van der Waals surface area (Å²) in [5.74, 6) is -1.22. The minimum Gasteiger partial charge on any atom is -0.481 e. The lowest BCUT2D eigenvalue weighted by molar-refractivity contribution is -0.144. The Morgan fingerprint density at radius 1 is 0.767 bits per heavy atom. The first-order valence-electron chi connectivity index (χ1n) is 11.8. The molecule has 0 spiro atoms. The van der Waals surface area contributed by atoms with Gasteiger partial charge in [-0.15, -0.1) is 0 Å². The van der Waals surface area contributed by atoms with E-state index in [1.54, 1.807) is 0 Å². The zero-order chi connectivity index (χ0) is 21.9. The maximum Gasteiger partial charge on any atom is 0.309 e. The van der Waals surface area contributed by atoms with Gasteiger partial charge in [0, 0.05) is 0 Å². The Bertz CT molecular complexity index is 800. The molecule has 0 heterocycles. The number of aliphatic carboxylic acids is 2. The molecule has 4 heteroatoms. The van der Waals surface area contributed by atoms with Gasteiger partial charge in [-0.2, -0.15) is 0 Å². The fraction of sp³-hybridized carbons (Fsp3) is 0.692. The van der Waals surface area contributed by atoms with Gasteiger partial charge in [-0.05, 0) is 113 Å². The van der Waals surface area contributed by atoms with Crippen LogP contribution in [0.1, 0.15) is 98.4 Å². The molecule has 0 aromatic heterocycles. The van der Waals surface area contributed by atoms with Crippen LogP contribution in [0.25, 0.3) is 0 Å². The third kappa shape index (κ3) is 5.07. The van der Waals surface area contributed by atoms with Gasteiger partial charge < -0.3 is 10.2 Å². The van der Waals surface area contributed by atoms with Crippen LogP contribution in [0.3, 0.4) is 0 Å². The monoisotopic (exact) mass is 414 g/mol. The van der Waals surface area contributed by atoms with Crippen LogP contribution in [0.15, 0.2) is 6.07 Å². The van der Waals surface area contributed by atoms with Crippen LogP contribution >= 0.6 is 0 Å². The van der Waals surface area contributed by atoms with Crippen LogP contribution in [0.5, 0.6) is 0 Å². The van der Waals surface area contributed by atoms with Crippen molar-refractivity contribution in [2.75, 3.05) is 0 Å². The van der Waals surface area contributed by atoms with Gasteiger partial charge in [0.25, 0.3) is 0 Å². The number of hydrogen-bond acceptors (Lipinski definition) is 2. The number of carbonyl (C=O) groups is 2. The van der Waals surface area contributed by atoms with Crippen molar-refractivity contribution in [3.05, 3.63) is 33.9 Å². The molecule has 2 fully saturated rings. The topological polar surface area (TPSA) is 74.6 Å². The number of aryl methyl sites for hydroxylation is 2. The Kier molecular flexibility index (Phi) is 6.94. The molecule has 0 atom stereocenters. The van der Waals surface area contributed by atoms with Gasteiger partial charge in [-0.1, -0.05) is 25.3 Å². The van der Waals surface area contributed by atoms with Gasteiger partial charge in [0.1, 0.15) is 0 Å². The first kappa shape index (κ1) is 22.8. The van der Waals surface area contributed by atoms with Gasteiger partial charge in [-0.25, -0.2) is 0 Å². The molecule has 1 aromatic carbocycles. The zero-order valence-corrected chi connectivity index (χ0v) is 19.0. The highest BCUT2D eigenvalue weighted by molar-refractivity contribution is 5.78. The quantitative estimate of drug-likeness (QED) is 0.379. The predicted molar refractivity (Wildman–Crippen MR) is 119 cm³/mol. The molecule has 0 radical (unpaired) electrons. The lowest BCUT2D eigenvalue weighted by Crippen LogP contribution is -2.14. The predicted octanol–water partition coefficient (Wildman–Crippen LogP) is 6.16. The largest absolute Gasteiger partial charge is 0.481 e. The average Bonchev–Trinajstić information content (AvgIpc) is 3.60. The molecule has 2 saturated carbocycles. The highest BCUT2D eigenvalue weighted by Crippen LogP contribution is 2.50. The Morgan fingerprint density at radius 3 is 1.77 bits per heavy atom. The van der Waals surface area contributed by atoms with E-state index in [-0.39, 0.29) is 0 Å². The second kappa shape index (κ2) is 9.11. The second-order valence-corrected chi connectivity index (χ2v) is 10.0. The number of hydrogen-bond donors (Lipinski definition) is 2. The van der Waals surface area contributed by atoms with E-state index in [9.17, 15) is 19.8 Å². The van der Waals surface area contributed by atoms with Crippen molar-refractivity contribution in [2.24, 2.45) is 10.8 Å². The highest BCUT2D eigenvalue weighted by Gasteiger charge is 2.49. The van der Waals surface area contributed by atoms with Crippen molar-refractivity contribution >= 4 is 11.9 Å². The van der Waals surface area contributed by atoms with Crippen molar-refractivity contribution < 1.29 is 19.8 Å². The number of carboxylic acids is 2. The van der Waals surface area contributed by atoms with Crippen LogP contribution in [-0.4, -0.2) is 22.2 Å². The van der Waals surface area contributed by atoms with E-state index >= 15 is 0 Å². The van der Waals surface area contributed by atoms with Gasteiger partial charge in [0.05, 0.1) is 10.8 Å². The maximum absolute atomic E-state index is 11.4. The first-order chi connectivity index (χ1) is 14.2. The zero-order valence-electron chi connectivity index (χ0n) is 19.0. The summed E-state index contributed by atoms with van der Waals surface area (Å²) < 4.78 is 0. The highest BCUT2D eigenvalue weighted by atomic mass is 16.4. The smallest absolute Gasteiger partial charge is 0.309 e. The molecule has 166 valence electrons. The summed E-state index contributed by atoms with van der Waals surface area (Å²) >= 11 is 0. The molecule has 0 aliphatic heterocycles. The number of benzene rings is 1. The Balaban J connectivity index is 1.51. The molecule has 1 aromatic rings. The Morgan fingerprint density at radius 2 is 1.27 bits per heavy atom. The van der Waals surface area contributed by atoms with E-state index in [2.05, 4.69) is 26.8 Å².